The third kappa shape index (κ3) is 3.30. The van der Waals surface area contributed by atoms with Gasteiger partial charge in [0, 0.05) is 0 Å². The van der Waals surface area contributed by atoms with E-state index in [2.05, 4.69) is 9.91 Å². The highest BCUT2D eigenvalue weighted by atomic mass is 19.3. The molecule has 0 aliphatic rings. The van der Waals surface area contributed by atoms with Gasteiger partial charge < -0.3 is 9.47 Å². The van der Waals surface area contributed by atoms with Gasteiger partial charge in [0.05, 0.1) is 13.3 Å². The number of halogens is 2. The molecule has 0 spiro atoms. The van der Waals surface area contributed by atoms with Crippen molar-refractivity contribution in [3.05, 3.63) is 34.9 Å². The van der Waals surface area contributed by atoms with E-state index in [-0.39, 0.29) is 11.5 Å². The third-order valence-corrected chi connectivity index (χ3v) is 1.73. The van der Waals surface area contributed by atoms with E-state index in [1.54, 1.807) is 0 Å². The normalized spacial score (nSPS) is 10.8. The largest absolute Gasteiger partial charge is 0.493 e. The summed E-state index contributed by atoms with van der Waals surface area (Å²) in [5.74, 6) is 0.0991. The second-order valence-corrected chi connectivity index (χ2v) is 2.71. The molecular formula is C10H9F2NO3. The van der Waals surface area contributed by atoms with Gasteiger partial charge >= 0.3 is 6.61 Å². The molecule has 16 heavy (non-hydrogen) atoms. The number of methoxy groups -OCH3 is 1. The Balaban J connectivity index is 2.96. The maximum absolute atomic E-state index is 12.0. The van der Waals surface area contributed by atoms with Crippen molar-refractivity contribution in [2.45, 2.75) is 6.61 Å². The minimum atomic E-state index is -2.91. The lowest BCUT2D eigenvalue weighted by molar-refractivity contribution is -0.0512. The maximum Gasteiger partial charge on any atom is 0.387 e. The Bertz CT molecular complexity index is 394. The van der Waals surface area contributed by atoms with Crippen LogP contribution in [-0.2, 0) is 0 Å². The minimum Gasteiger partial charge on any atom is -0.493 e. The molecule has 1 rings (SSSR count). The zero-order valence-electron chi connectivity index (χ0n) is 8.39. The lowest BCUT2D eigenvalue weighted by Crippen LogP contribution is -2.03. The van der Waals surface area contributed by atoms with E-state index in [0.717, 1.165) is 6.20 Å². The average Bonchev–Trinajstić information content (AvgIpc) is 2.27. The van der Waals surface area contributed by atoms with Crippen LogP contribution in [0.4, 0.5) is 8.78 Å². The maximum atomic E-state index is 12.0. The zero-order valence-corrected chi connectivity index (χ0v) is 8.39. The molecule has 6 heteroatoms. The molecule has 0 aromatic heterocycles. The van der Waals surface area contributed by atoms with Crippen LogP contribution >= 0.6 is 0 Å². The molecule has 0 N–H and O–H groups in total. The van der Waals surface area contributed by atoms with Gasteiger partial charge in [-0.05, 0) is 28.9 Å². The Kier molecular flexibility index (Phi) is 4.38. The number of benzene rings is 1. The predicted molar refractivity (Wildman–Crippen MR) is 54.5 cm³/mol. The van der Waals surface area contributed by atoms with Crippen molar-refractivity contribution in [1.82, 2.24) is 0 Å². The molecule has 1 aromatic rings. The number of alkyl halides is 2. The fourth-order valence-electron chi connectivity index (χ4n) is 1.10. The van der Waals surface area contributed by atoms with Gasteiger partial charge in [-0.1, -0.05) is 6.07 Å². The number of nitrogens with zero attached hydrogens (tertiary/aromatic N) is 1. The highest BCUT2D eigenvalue weighted by molar-refractivity contribution is 5.55. The fraction of sp³-hybridized carbons (Fsp3) is 0.200. The van der Waals surface area contributed by atoms with Crippen molar-refractivity contribution in [3.8, 4) is 11.5 Å². The first kappa shape index (κ1) is 12.1. The van der Waals surface area contributed by atoms with Crippen molar-refractivity contribution >= 4 is 6.08 Å². The molecule has 0 bridgehead atoms. The molecule has 0 saturated carbocycles. The summed E-state index contributed by atoms with van der Waals surface area (Å²) >= 11 is 0. The fourth-order valence-corrected chi connectivity index (χ4v) is 1.10. The van der Waals surface area contributed by atoms with Crippen LogP contribution in [0.3, 0.4) is 0 Å². The van der Waals surface area contributed by atoms with Gasteiger partial charge in [0.1, 0.15) is 0 Å². The van der Waals surface area contributed by atoms with E-state index < -0.39 is 6.61 Å². The quantitative estimate of drug-likeness (QED) is 0.729. The van der Waals surface area contributed by atoms with E-state index in [1.165, 1.54) is 31.4 Å². The topological polar surface area (TPSA) is 47.9 Å². The van der Waals surface area contributed by atoms with Crippen molar-refractivity contribution in [1.29, 1.82) is 0 Å². The number of hydrogen-bond acceptors (Lipinski definition) is 4. The van der Waals surface area contributed by atoms with Gasteiger partial charge in [-0.3, -0.25) is 0 Å². The molecule has 1 aromatic carbocycles. The zero-order chi connectivity index (χ0) is 12.0. The summed E-state index contributed by atoms with van der Waals surface area (Å²) in [6, 6.07) is 4.29. The van der Waals surface area contributed by atoms with E-state index in [0.29, 0.717) is 5.56 Å². The number of rotatable bonds is 5. The molecule has 0 unspecified atom stereocenters. The molecule has 0 aliphatic carbocycles. The molecule has 0 saturated heterocycles. The van der Waals surface area contributed by atoms with Crippen LogP contribution in [-0.4, -0.2) is 13.7 Å². The second-order valence-electron chi connectivity index (χ2n) is 2.71. The van der Waals surface area contributed by atoms with Gasteiger partial charge in [-0.25, -0.2) is 0 Å². The number of ether oxygens (including phenoxy) is 2. The van der Waals surface area contributed by atoms with Gasteiger partial charge in [-0.2, -0.15) is 8.78 Å². The molecule has 4 nitrogen and oxygen atoms in total. The monoisotopic (exact) mass is 229 g/mol. The Hall–Kier alpha value is -1.98. The van der Waals surface area contributed by atoms with E-state index in [4.69, 9.17) is 4.74 Å². The van der Waals surface area contributed by atoms with Crippen LogP contribution in [0.2, 0.25) is 0 Å². The molecule has 0 atom stereocenters. The van der Waals surface area contributed by atoms with Crippen molar-refractivity contribution in [3.63, 3.8) is 0 Å². The van der Waals surface area contributed by atoms with Crippen molar-refractivity contribution < 1.29 is 18.3 Å². The van der Waals surface area contributed by atoms with E-state index in [1.807, 2.05) is 0 Å². The Morgan fingerprint density at radius 2 is 2.12 bits per heavy atom. The highest BCUT2D eigenvalue weighted by Gasteiger charge is 2.10. The molecule has 86 valence electrons. The van der Waals surface area contributed by atoms with E-state index in [9.17, 15) is 13.7 Å². The second kappa shape index (κ2) is 5.79. The van der Waals surface area contributed by atoms with Crippen LogP contribution in [0.5, 0.6) is 11.5 Å². The van der Waals surface area contributed by atoms with Gasteiger partial charge in [-0.15, -0.1) is 4.91 Å². The highest BCUT2D eigenvalue weighted by Crippen LogP contribution is 2.29. The Labute approximate surface area is 90.5 Å². The summed E-state index contributed by atoms with van der Waals surface area (Å²) in [5, 5.41) is 2.53. The van der Waals surface area contributed by atoms with Gasteiger partial charge in [0.15, 0.2) is 11.5 Å². The lowest BCUT2D eigenvalue weighted by Gasteiger charge is -2.09. The standard InChI is InChI=1S/C10H9F2NO3/c1-15-9-6-7(4-5-13-14)2-3-8(9)16-10(11)12/h2-6,10H,1H3/b5-4+. The smallest absolute Gasteiger partial charge is 0.387 e. The SMILES string of the molecule is COc1cc(/C=C/N=O)ccc1OC(F)F. The van der Waals surface area contributed by atoms with Crippen molar-refractivity contribution in [2.24, 2.45) is 5.18 Å². The minimum absolute atomic E-state index is 0.0614. The lowest BCUT2D eigenvalue weighted by atomic mass is 10.2. The molecule has 0 amide bonds. The molecule has 0 fully saturated rings. The average molecular weight is 229 g/mol. The molecule has 0 heterocycles. The summed E-state index contributed by atoms with van der Waals surface area (Å²) in [5.41, 5.74) is 0.595. The predicted octanol–water partition coefficient (Wildman–Crippen LogP) is 3.03. The molecule has 0 aliphatic heterocycles. The van der Waals surface area contributed by atoms with Gasteiger partial charge in [0.2, 0.25) is 0 Å². The molecule has 0 radical (unpaired) electrons. The van der Waals surface area contributed by atoms with Crippen LogP contribution in [0.15, 0.2) is 29.6 Å². The summed E-state index contributed by atoms with van der Waals surface area (Å²) in [7, 11) is 1.33. The van der Waals surface area contributed by atoms with Crippen molar-refractivity contribution in [2.75, 3.05) is 7.11 Å². The summed E-state index contributed by atoms with van der Waals surface area (Å²) in [6.45, 7) is -2.91. The Morgan fingerprint density at radius 1 is 1.38 bits per heavy atom. The first-order valence-corrected chi connectivity index (χ1v) is 4.29. The van der Waals surface area contributed by atoms with Crippen LogP contribution in [0.25, 0.3) is 6.08 Å². The van der Waals surface area contributed by atoms with Crippen LogP contribution in [0.1, 0.15) is 5.56 Å². The summed E-state index contributed by atoms with van der Waals surface area (Å²) in [4.78, 5) is 9.85. The van der Waals surface area contributed by atoms with Gasteiger partial charge in [0.25, 0.3) is 0 Å². The van der Waals surface area contributed by atoms with E-state index >= 15 is 0 Å². The summed E-state index contributed by atoms with van der Waals surface area (Å²) < 4.78 is 33.1. The number of nitroso groups, excluding NO2 is 1. The first-order valence-electron chi connectivity index (χ1n) is 4.29. The Morgan fingerprint density at radius 3 is 2.69 bits per heavy atom. The van der Waals surface area contributed by atoms with Crippen LogP contribution in [0, 0.1) is 4.91 Å². The molecular weight excluding hydrogens is 220 g/mol. The summed E-state index contributed by atoms with van der Waals surface area (Å²) in [6.07, 6.45) is 2.46. The first-order chi connectivity index (χ1) is 7.67. The number of hydrogen-bond donors (Lipinski definition) is 0. The van der Waals surface area contributed by atoms with Crippen LogP contribution < -0.4 is 9.47 Å². The third-order valence-electron chi connectivity index (χ3n) is 1.73.